The van der Waals surface area contributed by atoms with E-state index in [2.05, 4.69) is 15.5 Å². The number of rotatable bonds is 4. The number of hydrogen-bond acceptors (Lipinski definition) is 4. The van der Waals surface area contributed by atoms with E-state index >= 15 is 0 Å². The number of benzene rings is 1. The van der Waals surface area contributed by atoms with Gasteiger partial charge < -0.3 is 9.84 Å². The zero-order chi connectivity index (χ0) is 14.5. The van der Waals surface area contributed by atoms with Gasteiger partial charge in [-0.3, -0.25) is 0 Å². The first-order valence-electron chi connectivity index (χ1n) is 7.63. The van der Waals surface area contributed by atoms with Crippen LogP contribution < -0.4 is 5.32 Å². The monoisotopic (exact) mass is 305 g/mol. The third kappa shape index (κ3) is 3.97. The van der Waals surface area contributed by atoms with E-state index < -0.39 is 0 Å². The predicted octanol–water partition coefficient (Wildman–Crippen LogP) is 4.77. The minimum absolute atomic E-state index is 0.473. The molecule has 0 unspecified atom stereocenters. The van der Waals surface area contributed by atoms with Crippen LogP contribution in [-0.4, -0.2) is 10.1 Å². The second-order valence-electron chi connectivity index (χ2n) is 5.60. The first-order valence-corrected chi connectivity index (χ1v) is 8.01. The minimum atomic E-state index is 0.473. The van der Waals surface area contributed by atoms with Crippen LogP contribution in [0.1, 0.15) is 56.2 Å². The molecule has 0 radical (unpaired) electrons. The van der Waals surface area contributed by atoms with Crippen LogP contribution >= 0.6 is 11.6 Å². The molecule has 0 aliphatic heterocycles. The zero-order valence-corrected chi connectivity index (χ0v) is 12.8. The SMILES string of the molecule is Clc1ccc(NCc2nc(C3CCCCCC3)no2)cc1. The van der Waals surface area contributed by atoms with Crippen LogP contribution in [0, 0.1) is 0 Å². The average Bonchev–Trinajstić information content (AvgIpc) is 2.80. The predicted molar refractivity (Wildman–Crippen MR) is 83.5 cm³/mol. The number of nitrogens with zero attached hydrogens (tertiary/aromatic N) is 2. The van der Waals surface area contributed by atoms with Gasteiger partial charge in [0.05, 0.1) is 6.54 Å². The van der Waals surface area contributed by atoms with E-state index in [0.29, 0.717) is 18.4 Å². The van der Waals surface area contributed by atoms with Gasteiger partial charge in [0.2, 0.25) is 5.89 Å². The Morgan fingerprint density at radius 2 is 1.81 bits per heavy atom. The van der Waals surface area contributed by atoms with E-state index in [9.17, 15) is 0 Å². The fourth-order valence-corrected chi connectivity index (χ4v) is 2.91. The smallest absolute Gasteiger partial charge is 0.245 e. The summed E-state index contributed by atoms with van der Waals surface area (Å²) in [7, 11) is 0. The molecule has 2 aromatic rings. The quantitative estimate of drug-likeness (QED) is 0.826. The fourth-order valence-electron chi connectivity index (χ4n) is 2.79. The highest BCUT2D eigenvalue weighted by molar-refractivity contribution is 6.30. The highest BCUT2D eigenvalue weighted by Crippen LogP contribution is 2.29. The van der Waals surface area contributed by atoms with Gasteiger partial charge in [-0.05, 0) is 37.1 Å². The molecule has 1 saturated carbocycles. The number of nitrogens with one attached hydrogen (secondary N) is 1. The molecule has 21 heavy (non-hydrogen) atoms. The third-order valence-corrected chi connectivity index (χ3v) is 4.24. The minimum Gasteiger partial charge on any atom is -0.376 e. The number of aromatic nitrogens is 2. The molecule has 0 bridgehead atoms. The highest BCUT2D eigenvalue weighted by Gasteiger charge is 2.19. The van der Waals surface area contributed by atoms with Crippen LogP contribution in [0.5, 0.6) is 0 Å². The molecule has 1 aliphatic rings. The van der Waals surface area contributed by atoms with Crippen LogP contribution in [0.3, 0.4) is 0 Å². The zero-order valence-electron chi connectivity index (χ0n) is 12.0. The van der Waals surface area contributed by atoms with E-state index in [0.717, 1.165) is 16.5 Å². The maximum Gasteiger partial charge on any atom is 0.245 e. The van der Waals surface area contributed by atoms with Gasteiger partial charge in [0.25, 0.3) is 0 Å². The van der Waals surface area contributed by atoms with Gasteiger partial charge in [-0.1, -0.05) is 42.4 Å². The second kappa shape index (κ2) is 6.94. The van der Waals surface area contributed by atoms with Gasteiger partial charge in [-0.15, -0.1) is 0 Å². The van der Waals surface area contributed by atoms with E-state index in [-0.39, 0.29) is 0 Å². The van der Waals surface area contributed by atoms with Gasteiger partial charge >= 0.3 is 0 Å². The molecule has 1 aliphatic carbocycles. The Kier molecular flexibility index (Phi) is 4.76. The molecule has 0 atom stereocenters. The van der Waals surface area contributed by atoms with Gasteiger partial charge in [-0.2, -0.15) is 4.98 Å². The van der Waals surface area contributed by atoms with Crippen LogP contribution in [-0.2, 0) is 6.54 Å². The lowest BCUT2D eigenvalue weighted by atomic mass is 10.00. The molecule has 1 fully saturated rings. The standard InChI is InChI=1S/C16H20ClN3O/c17-13-7-9-14(10-8-13)18-11-15-19-16(20-21-15)12-5-3-1-2-4-6-12/h7-10,12,18H,1-6,11H2. The summed E-state index contributed by atoms with van der Waals surface area (Å²) in [6.45, 7) is 0.543. The molecular formula is C16H20ClN3O. The Morgan fingerprint density at radius 3 is 2.52 bits per heavy atom. The molecule has 0 amide bonds. The Bertz CT molecular complexity index is 559. The third-order valence-electron chi connectivity index (χ3n) is 3.99. The molecule has 4 nitrogen and oxygen atoms in total. The fraction of sp³-hybridized carbons (Fsp3) is 0.500. The van der Waals surface area contributed by atoms with Gasteiger partial charge in [0, 0.05) is 16.6 Å². The summed E-state index contributed by atoms with van der Waals surface area (Å²) in [6.07, 6.45) is 7.58. The Morgan fingerprint density at radius 1 is 1.10 bits per heavy atom. The van der Waals surface area contributed by atoms with Crippen molar-refractivity contribution in [3.63, 3.8) is 0 Å². The largest absolute Gasteiger partial charge is 0.376 e. The van der Waals surface area contributed by atoms with Crippen molar-refractivity contribution >= 4 is 17.3 Å². The summed E-state index contributed by atoms with van der Waals surface area (Å²) in [6, 6.07) is 7.58. The van der Waals surface area contributed by atoms with Crippen molar-refractivity contribution in [2.45, 2.75) is 51.0 Å². The van der Waals surface area contributed by atoms with E-state index in [4.69, 9.17) is 16.1 Å². The molecule has 5 heteroatoms. The van der Waals surface area contributed by atoms with E-state index in [1.807, 2.05) is 24.3 Å². The molecule has 1 aromatic heterocycles. The number of halogens is 1. The topological polar surface area (TPSA) is 51.0 Å². The van der Waals surface area contributed by atoms with E-state index in [1.54, 1.807) is 0 Å². The van der Waals surface area contributed by atoms with E-state index in [1.165, 1.54) is 38.5 Å². The Hall–Kier alpha value is -1.55. The lowest BCUT2D eigenvalue weighted by Crippen LogP contribution is -2.02. The summed E-state index contributed by atoms with van der Waals surface area (Å²) < 4.78 is 5.35. The summed E-state index contributed by atoms with van der Waals surface area (Å²) in [4.78, 5) is 4.54. The molecule has 1 heterocycles. The molecule has 112 valence electrons. The molecule has 0 saturated heterocycles. The van der Waals surface area contributed by atoms with Crippen LogP contribution in [0.4, 0.5) is 5.69 Å². The summed E-state index contributed by atoms with van der Waals surface area (Å²) >= 11 is 5.86. The normalized spacial score (nSPS) is 16.6. The molecular weight excluding hydrogens is 286 g/mol. The van der Waals surface area contributed by atoms with Crippen molar-refractivity contribution in [3.05, 3.63) is 41.0 Å². The first kappa shape index (κ1) is 14.4. The van der Waals surface area contributed by atoms with Gasteiger partial charge in [0.15, 0.2) is 5.82 Å². The van der Waals surface area contributed by atoms with Crippen LogP contribution in [0.15, 0.2) is 28.8 Å². The van der Waals surface area contributed by atoms with Crippen molar-refractivity contribution in [2.24, 2.45) is 0 Å². The van der Waals surface area contributed by atoms with Crippen molar-refractivity contribution in [1.29, 1.82) is 0 Å². The van der Waals surface area contributed by atoms with Crippen molar-refractivity contribution in [2.75, 3.05) is 5.32 Å². The lowest BCUT2D eigenvalue weighted by Gasteiger charge is -2.07. The number of anilines is 1. The van der Waals surface area contributed by atoms with Crippen molar-refractivity contribution < 1.29 is 4.52 Å². The summed E-state index contributed by atoms with van der Waals surface area (Å²) in [5, 5.41) is 8.15. The Labute approximate surface area is 129 Å². The van der Waals surface area contributed by atoms with Gasteiger partial charge in [0.1, 0.15) is 0 Å². The maximum absolute atomic E-state index is 5.86. The molecule has 0 spiro atoms. The van der Waals surface area contributed by atoms with Crippen LogP contribution in [0.25, 0.3) is 0 Å². The molecule has 1 N–H and O–H groups in total. The van der Waals surface area contributed by atoms with Crippen molar-refractivity contribution in [3.8, 4) is 0 Å². The first-order chi connectivity index (χ1) is 10.3. The Balaban J connectivity index is 1.58. The maximum atomic E-state index is 5.86. The molecule has 3 rings (SSSR count). The summed E-state index contributed by atoms with van der Waals surface area (Å²) in [5.74, 6) is 1.99. The van der Waals surface area contributed by atoms with Crippen LogP contribution in [0.2, 0.25) is 5.02 Å². The van der Waals surface area contributed by atoms with Gasteiger partial charge in [-0.25, -0.2) is 0 Å². The second-order valence-corrected chi connectivity index (χ2v) is 6.03. The van der Waals surface area contributed by atoms with Crippen molar-refractivity contribution in [1.82, 2.24) is 10.1 Å². The summed E-state index contributed by atoms with van der Waals surface area (Å²) in [5.41, 5.74) is 0.994. The highest BCUT2D eigenvalue weighted by atomic mass is 35.5. The average molecular weight is 306 g/mol. The lowest BCUT2D eigenvalue weighted by molar-refractivity contribution is 0.371. The molecule has 1 aromatic carbocycles. The number of hydrogen-bond donors (Lipinski definition) is 1.